The summed E-state index contributed by atoms with van der Waals surface area (Å²) in [5, 5.41) is 15.9. The van der Waals surface area contributed by atoms with Crippen molar-refractivity contribution in [3.8, 4) is 0 Å². The number of aliphatic hydroxyl groups excluding tert-OH is 1. The van der Waals surface area contributed by atoms with E-state index in [1.54, 1.807) is 6.20 Å². The van der Waals surface area contributed by atoms with Crippen LogP contribution in [0.4, 0.5) is 10.2 Å². The minimum Gasteiger partial charge on any atom is -0.389 e. The molecule has 2 aromatic rings. The van der Waals surface area contributed by atoms with Crippen LogP contribution in [0.3, 0.4) is 0 Å². The number of likely N-dealkylation sites (tertiary alicyclic amines) is 1. The van der Waals surface area contributed by atoms with Gasteiger partial charge in [-0.1, -0.05) is 11.6 Å². The second-order valence-electron chi connectivity index (χ2n) is 10.9. The monoisotopic (exact) mass is 489 g/mol. The highest BCUT2D eigenvalue weighted by molar-refractivity contribution is 6.32. The molecule has 34 heavy (non-hydrogen) atoms. The van der Waals surface area contributed by atoms with Crippen molar-refractivity contribution in [1.29, 1.82) is 0 Å². The van der Waals surface area contributed by atoms with Gasteiger partial charge in [0.15, 0.2) is 0 Å². The average molecular weight is 490 g/mol. The predicted octanol–water partition coefficient (Wildman–Crippen LogP) is 4.54. The maximum atomic E-state index is 14.1. The topological polar surface area (TPSA) is 74.7 Å². The normalized spacial score (nSPS) is 30.6. The number of nitrogens with zero attached hydrogens (tertiary/aromatic N) is 2. The first-order valence-electron chi connectivity index (χ1n) is 12.2. The SMILES string of the molecule is CC(C)(F)[C@H]1C[C@@H]1C(=O)Nc1cc2cc(C3CCN([C@@]4(C)COC[C@H]4O)CC3)c(Cl)cc2cn1. The van der Waals surface area contributed by atoms with Gasteiger partial charge in [-0.15, -0.1) is 0 Å². The summed E-state index contributed by atoms with van der Waals surface area (Å²) in [7, 11) is 0. The van der Waals surface area contributed by atoms with Crippen molar-refractivity contribution in [2.75, 3.05) is 31.6 Å². The summed E-state index contributed by atoms with van der Waals surface area (Å²) in [6.45, 7) is 7.84. The van der Waals surface area contributed by atoms with Gasteiger partial charge in [0.2, 0.25) is 5.91 Å². The Morgan fingerprint density at radius 1 is 1.29 bits per heavy atom. The molecule has 0 spiro atoms. The third-order valence-electron chi connectivity index (χ3n) is 8.14. The number of carbonyl (C=O) groups excluding carboxylic acids is 1. The molecule has 3 aliphatic rings. The lowest BCUT2D eigenvalue weighted by molar-refractivity contribution is -0.118. The molecule has 5 rings (SSSR count). The van der Waals surface area contributed by atoms with E-state index < -0.39 is 11.8 Å². The van der Waals surface area contributed by atoms with E-state index in [-0.39, 0.29) is 23.3 Å². The van der Waals surface area contributed by atoms with Crippen molar-refractivity contribution in [1.82, 2.24) is 9.88 Å². The fourth-order valence-electron chi connectivity index (χ4n) is 5.68. The number of aromatic nitrogens is 1. The lowest BCUT2D eigenvalue weighted by atomic mass is 9.85. The number of carbonyl (C=O) groups is 1. The number of benzene rings is 1. The molecule has 1 aromatic carbocycles. The molecular formula is C26H33ClFN3O3. The second-order valence-corrected chi connectivity index (χ2v) is 11.3. The molecule has 2 saturated heterocycles. The van der Waals surface area contributed by atoms with E-state index in [9.17, 15) is 14.3 Å². The first kappa shape index (κ1) is 23.9. The number of hydrogen-bond acceptors (Lipinski definition) is 5. The van der Waals surface area contributed by atoms with Crippen molar-refractivity contribution in [3.05, 3.63) is 35.0 Å². The number of aliphatic hydroxyl groups is 1. The number of hydrogen-bond donors (Lipinski definition) is 2. The molecule has 0 bridgehead atoms. The van der Waals surface area contributed by atoms with Gasteiger partial charge in [0.25, 0.3) is 0 Å². The largest absolute Gasteiger partial charge is 0.389 e. The molecule has 1 aliphatic carbocycles. The van der Waals surface area contributed by atoms with Gasteiger partial charge in [0.05, 0.1) is 24.9 Å². The number of anilines is 1. The minimum absolute atomic E-state index is 0.171. The third-order valence-corrected chi connectivity index (χ3v) is 8.47. The van der Waals surface area contributed by atoms with Crippen molar-refractivity contribution in [3.63, 3.8) is 0 Å². The summed E-state index contributed by atoms with van der Waals surface area (Å²) in [5.41, 5.74) is -0.568. The smallest absolute Gasteiger partial charge is 0.229 e. The molecule has 8 heteroatoms. The lowest BCUT2D eigenvalue weighted by Gasteiger charge is -2.43. The zero-order valence-corrected chi connectivity index (χ0v) is 20.7. The number of amides is 1. The third kappa shape index (κ3) is 4.43. The van der Waals surface area contributed by atoms with Crippen LogP contribution in [0.25, 0.3) is 10.8 Å². The summed E-state index contributed by atoms with van der Waals surface area (Å²) in [6, 6.07) is 5.91. The average Bonchev–Trinajstić information content (AvgIpc) is 3.54. The first-order chi connectivity index (χ1) is 16.1. The Bertz CT molecular complexity index is 1100. The molecule has 2 N–H and O–H groups in total. The number of rotatable bonds is 5. The van der Waals surface area contributed by atoms with Crippen molar-refractivity contribution in [2.45, 2.75) is 63.3 Å². The van der Waals surface area contributed by atoms with E-state index in [1.807, 2.05) is 12.1 Å². The first-order valence-corrected chi connectivity index (χ1v) is 12.5. The highest BCUT2D eigenvalue weighted by Crippen LogP contribution is 2.48. The molecule has 2 aliphatic heterocycles. The van der Waals surface area contributed by atoms with Crippen LogP contribution in [-0.2, 0) is 9.53 Å². The van der Waals surface area contributed by atoms with Crippen LogP contribution in [0.5, 0.6) is 0 Å². The fraction of sp³-hybridized carbons (Fsp3) is 0.615. The lowest BCUT2D eigenvalue weighted by Crippen LogP contribution is -2.56. The summed E-state index contributed by atoms with van der Waals surface area (Å²) < 4.78 is 19.6. The summed E-state index contributed by atoms with van der Waals surface area (Å²) in [5.74, 6) is 0.0979. The highest BCUT2D eigenvalue weighted by atomic mass is 35.5. The van der Waals surface area contributed by atoms with Gasteiger partial charge in [-0.2, -0.15) is 0 Å². The van der Waals surface area contributed by atoms with Gasteiger partial charge < -0.3 is 15.2 Å². The molecule has 3 fully saturated rings. The van der Waals surface area contributed by atoms with Crippen LogP contribution < -0.4 is 5.32 Å². The van der Waals surface area contributed by atoms with Gasteiger partial charge in [-0.05, 0) is 88.2 Å². The Hall–Kier alpha value is -1.80. The van der Waals surface area contributed by atoms with E-state index in [1.165, 1.54) is 13.8 Å². The van der Waals surface area contributed by atoms with E-state index in [0.29, 0.717) is 31.4 Å². The standard InChI is InChI=1S/C26H33ClFN3O3/c1-25(2,28)20-11-19(20)24(33)30-23-10-16-8-18(21(27)9-17(16)12-29-23)15-4-6-31(7-5-15)26(3)14-34-13-22(26)32/h8-10,12,15,19-20,22,32H,4-7,11,13-14H2,1-3H3,(H,29,30,33)/t19-,20-,22+,26-/m0/s1. The number of ether oxygens (including phenoxy) is 1. The van der Waals surface area contributed by atoms with E-state index >= 15 is 0 Å². The number of piperidine rings is 1. The van der Waals surface area contributed by atoms with Crippen molar-refractivity contribution < 1.29 is 19.0 Å². The van der Waals surface area contributed by atoms with Gasteiger partial charge in [0, 0.05) is 28.4 Å². The molecular weight excluding hydrogens is 457 g/mol. The van der Waals surface area contributed by atoms with Crippen LogP contribution >= 0.6 is 11.6 Å². The molecule has 1 amide bonds. The van der Waals surface area contributed by atoms with Gasteiger partial charge in [-0.25, -0.2) is 9.37 Å². The molecule has 6 nitrogen and oxygen atoms in total. The molecule has 3 heterocycles. The van der Waals surface area contributed by atoms with Gasteiger partial charge in [0.1, 0.15) is 11.5 Å². The zero-order chi connectivity index (χ0) is 24.3. The van der Waals surface area contributed by atoms with Gasteiger partial charge in [-0.3, -0.25) is 9.69 Å². The zero-order valence-electron chi connectivity index (χ0n) is 20.0. The number of nitrogens with one attached hydrogen (secondary N) is 1. The fourth-order valence-corrected chi connectivity index (χ4v) is 6.01. The van der Waals surface area contributed by atoms with Crippen LogP contribution in [0.1, 0.15) is 51.5 Å². The van der Waals surface area contributed by atoms with Gasteiger partial charge >= 0.3 is 0 Å². The number of pyridine rings is 1. The van der Waals surface area contributed by atoms with Crippen molar-refractivity contribution in [2.24, 2.45) is 11.8 Å². The molecule has 0 radical (unpaired) electrons. The number of alkyl halides is 1. The number of fused-ring (bicyclic) bond motifs is 1. The highest BCUT2D eigenvalue weighted by Gasteiger charge is 2.52. The second kappa shape index (κ2) is 8.70. The van der Waals surface area contributed by atoms with Crippen molar-refractivity contribution >= 4 is 34.1 Å². The Labute approximate surface area is 204 Å². The quantitative estimate of drug-likeness (QED) is 0.645. The minimum atomic E-state index is -1.35. The Balaban J connectivity index is 1.29. The van der Waals surface area contributed by atoms with E-state index in [2.05, 4.69) is 28.2 Å². The maximum absolute atomic E-state index is 14.1. The van der Waals surface area contributed by atoms with E-state index in [0.717, 1.165) is 47.3 Å². The van der Waals surface area contributed by atoms with Crippen LogP contribution in [-0.4, -0.2) is 64.5 Å². The summed E-state index contributed by atoms with van der Waals surface area (Å²) in [6.07, 6.45) is 3.73. The molecule has 184 valence electrons. The van der Waals surface area contributed by atoms with E-state index in [4.69, 9.17) is 16.3 Å². The van der Waals surface area contributed by atoms with Crippen LogP contribution in [0.2, 0.25) is 5.02 Å². The maximum Gasteiger partial charge on any atom is 0.229 e. The summed E-state index contributed by atoms with van der Waals surface area (Å²) >= 11 is 6.68. The Morgan fingerprint density at radius 2 is 2.03 bits per heavy atom. The number of halogens is 2. The van der Waals surface area contributed by atoms with Crippen LogP contribution in [0.15, 0.2) is 24.4 Å². The summed E-state index contributed by atoms with van der Waals surface area (Å²) in [4.78, 5) is 19.3. The molecule has 0 unspecified atom stereocenters. The Kier molecular flexibility index (Phi) is 6.12. The Morgan fingerprint density at radius 3 is 2.65 bits per heavy atom. The van der Waals surface area contributed by atoms with Crippen LogP contribution in [0, 0.1) is 11.8 Å². The molecule has 1 saturated carbocycles. The molecule has 4 atom stereocenters. The molecule has 1 aromatic heterocycles. The predicted molar refractivity (Wildman–Crippen MR) is 131 cm³/mol.